The molecule has 0 bridgehead atoms. The molecule has 3 rings (SSSR count). The first-order valence-corrected chi connectivity index (χ1v) is 8.47. The molecule has 0 saturated carbocycles. The van der Waals surface area contributed by atoms with E-state index in [4.69, 9.17) is 0 Å². The first-order chi connectivity index (χ1) is 11.1. The zero-order valence-corrected chi connectivity index (χ0v) is 13.7. The highest BCUT2D eigenvalue weighted by Crippen LogP contribution is 2.37. The molecule has 2 aromatic rings. The van der Waals surface area contributed by atoms with Crippen molar-refractivity contribution in [2.45, 2.75) is 25.3 Å². The summed E-state index contributed by atoms with van der Waals surface area (Å²) in [5.41, 5.74) is 0.791. The SMILES string of the molecule is Cn1cc([C@H]2[C@@H](C(=O)O)CCC(=O)N2CCc2cccs2)cn1. The molecule has 0 unspecified atom stereocenters. The molecule has 1 aliphatic rings. The second kappa shape index (κ2) is 6.54. The summed E-state index contributed by atoms with van der Waals surface area (Å²) < 4.78 is 1.64. The van der Waals surface area contributed by atoms with Crippen LogP contribution < -0.4 is 0 Å². The van der Waals surface area contributed by atoms with E-state index in [2.05, 4.69) is 5.10 Å². The molecule has 1 fully saturated rings. The lowest BCUT2D eigenvalue weighted by Gasteiger charge is -2.39. The molecular weight excluding hydrogens is 314 g/mol. The van der Waals surface area contributed by atoms with Crippen LogP contribution in [0, 0.1) is 5.92 Å². The van der Waals surface area contributed by atoms with Gasteiger partial charge in [-0.2, -0.15) is 5.10 Å². The Labute approximate surface area is 138 Å². The van der Waals surface area contributed by atoms with E-state index >= 15 is 0 Å². The first-order valence-electron chi connectivity index (χ1n) is 7.59. The summed E-state index contributed by atoms with van der Waals surface area (Å²) in [6.07, 6.45) is 4.88. The van der Waals surface area contributed by atoms with Gasteiger partial charge in [0.05, 0.1) is 18.2 Å². The molecule has 3 heterocycles. The Kier molecular flexibility index (Phi) is 4.47. The molecule has 1 amide bonds. The number of carbonyl (C=O) groups excluding carboxylic acids is 1. The average molecular weight is 333 g/mol. The van der Waals surface area contributed by atoms with Crippen LogP contribution in [0.15, 0.2) is 29.9 Å². The van der Waals surface area contributed by atoms with Crippen LogP contribution in [0.3, 0.4) is 0 Å². The van der Waals surface area contributed by atoms with Gasteiger partial charge in [0.25, 0.3) is 0 Å². The second-order valence-corrected chi connectivity index (χ2v) is 6.82. The number of aromatic nitrogens is 2. The van der Waals surface area contributed by atoms with Crippen molar-refractivity contribution < 1.29 is 14.7 Å². The van der Waals surface area contributed by atoms with E-state index in [1.165, 1.54) is 4.88 Å². The molecule has 0 aromatic carbocycles. The number of amides is 1. The zero-order valence-electron chi connectivity index (χ0n) is 12.9. The molecule has 0 spiro atoms. The molecule has 23 heavy (non-hydrogen) atoms. The number of likely N-dealkylation sites (tertiary alicyclic amines) is 1. The molecule has 1 saturated heterocycles. The van der Waals surface area contributed by atoms with Gasteiger partial charge in [-0.3, -0.25) is 14.3 Å². The van der Waals surface area contributed by atoms with Crippen molar-refractivity contribution in [1.82, 2.24) is 14.7 Å². The lowest BCUT2D eigenvalue weighted by molar-refractivity contribution is -0.152. The topological polar surface area (TPSA) is 75.4 Å². The Morgan fingerprint density at radius 2 is 2.35 bits per heavy atom. The number of piperidine rings is 1. The van der Waals surface area contributed by atoms with Gasteiger partial charge in [0.2, 0.25) is 5.91 Å². The Morgan fingerprint density at radius 1 is 1.52 bits per heavy atom. The normalized spacial score (nSPS) is 21.6. The average Bonchev–Trinajstić information content (AvgIpc) is 3.16. The van der Waals surface area contributed by atoms with Crippen LogP contribution in [0.25, 0.3) is 0 Å². The molecule has 1 N–H and O–H groups in total. The first kappa shape index (κ1) is 15.7. The van der Waals surface area contributed by atoms with E-state index in [1.807, 2.05) is 17.5 Å². The van der Waals surface area contributed by atoms with E-state index in [9.17, 15) is 14.7 Å². The maximum atomic E-state index is 12.4. The number of hydrogen-bond acceptors (Lipinski definition) is 4. The Morgan fingerprint density at radius 3 is 2.96 bits per heavy atom. The van der Waals surface area contributed by atoms with Crippen LogP contribution in [-0.4, -0.2) is 38.2 Å². The number of carbonyl (C=O) groups is 2. The van der Waals surface area contributed by atoms with E-state index in [0.717, 1.165) is 12.0 Å². The van der Waals surface area contributed by atoms with Crippen LogP contribution in [0.5, 0.6) is 0 Å². The van der Waals surface area contributed by atoms with Gasteiger partial charge in [-0.25, -0.2) is 0 Å². The molecule has 122 valence electrons. The number of thiophene rings is 1. The van der Waals surface area contributed by atoms with Gasteiger partial charge in [0.1, 0.15) is 0 Å². The zero-order chi connectivity index (χ0) is 16.4. The summed E-state index contributed by atoms with van der Waals surface area (Å²) in [5.74, 6) is -1.42. The third-order valence-electron chi connectivity index (χ3n) is 4.27. The molecule has 7 heteroatoms. The quantitative estimate of drug-likeness (QED) is 0.909. The van der Waals surface area contributed by atoms with Gasteiger partial charge < -0.3 is 10.0 Å². The predicted molar refractivity (Wildman–Crippen MR) is 86.0 cm³/mol. The standard InChI is InChI=1S/C16H19N3O3S/c1-18-10-11(9-17-18)15-13(16(21)22)4-5-14(20)19(15)7-6-12-3-2-8-23-12/h2-3,8-10,13,15H,4-7H2,1H3,(H,21,22)/t13-,15-/m0/s1. The lowest BCUT2D eigenvalue weighted by atomic mass is 9.85. The van der Waals surface area contributed by atoms with E-state index in [-0.39, 0.29) is 12.3 Å². The fourth-order valence-corrected chi connectivity index (χ4v) is 3.86. The minimum absolute atomic E-state index is 0.0212. The van der Waals surface area contributed by atoms with Crippen LogP contribution >= 0.6 is 11.3 Å². The lowest BCUT2D eigenvalue weighted by Crippen LogP contribution is -2.46. The van der Waals surface area contributed by atoms with Gasteiger partial charge in [-0.1, -0.05) is 6.07 Å². The molecule has 0 aliphatic carbocycles. The molecule has 6 nitrogen and oxygen atoms in total. The molecular formula is C16H19N3O3S. The number of rotatable bonds is 5. The van der Waals surface area contributed by atoms with Crippen molar-refractivity contribution in [2.24, 2.45) is 13.0 Å². The van der Waals surface area contributed by atoms with Gasteiger partial charge in [0.15, 0.2) is 0 Å². The second-order valence-electron chi connectivity index (χ2n) is 5.79. The number of hydrogen-bond donors (Lipinski definition) is 1. The maximum Gasteiger partial charge on any atom is 0.308 e. The third kappa shape index (κ3) is 3.29. The van der Waals surface area contributed by atoms with Crippen molar-refractivity contribution in [1.29, 1.82) is 0 Å². The van der Waals surface area contributed by atoms with E-state index in [1.54, 1.807) is 40.4 Å². The predicted octanol–water partition coefficient (Wildman–Crippen LogP) is 2.09. The summed E-state index contributed by atoms with van der Waals surface area (Å²) in [4.78, 5) is 27.0. The number of aliphatic carboxylic acids is 1. The highest BCUT2D eigenvalue weighted by Gasteiger charge is 2.41. The fraction of sp³-hybridized carbons (Fsp3) is 0.438. The van der Waals surface area contributed by atoms with E-state index < -0.39 is 17.9 Å². The minimum Gasteiger partial charge on any atom is -0.481 e. The number of aryl methyl sites for hydroxylation is 1. The molecule has 0 radical (unpaired) electrons. The van der Waals surface area contributed by atoms with Crippen molar-refractivity contribution in [2.75, 3.05) is 6.54 Å². The summed E-state index contributed by atoms with van der Waals surface area (Å²) >= 11 is 1.65. The largest absolute Gasteiger partial charge is 0.481 e. The Balaban J connectivity index is 1.87. The Bertz CT molecular complexity index is 695. The molecule has 1 aliphatic heterocycles. The monoisotopic (exact) mass is 333 g/mol. The van der Waals surface area contributed by atoms with Crippen molar-refractivity contribution >= 4 is 23.2 Å². The van der Waals surface area contributed by atoms with Crippen molar-refractivity contribution in [3.63, 3.8) is 0 Å². The van der Waals surface area contributed by atoms with Gasteiger partial charge in [-0.05, 0) is 24.3 Å². The van der Waals surface area contributed by atoms with Crippen LogP contribution in [0.1, 0.15) is 29.3 Å². The molecule has 2 aromatic heterocycles. The Hall–Kier alpha value is -2.15. The van der Waals surface area contributed by atoms with E-state index in [0.29, 0.717) is 13.0 Å². The van der Waals surface area contributed by atoms with Crippen molar-refractivity contribution in [3.05, 3.63) is 40.3 Å². The maximum absolute atomic E-state index is 12.4. The van der Waals surface area contributed by atoms with Gasteiger partial charge in [0, 0.05) is 36.7 Å². The molecule has 2 atom stereocenters. The van der Waals surface area contributed by atoms with Crippen LogP contribution in [0.4, 0.5) is 0 Å². The number of nitrogens with zero attached hydrogens (tertiary/aromatic N) is 3. The summed E-state index contributed by atoms with van der Waals surface area (Å²) in [6.45, 7) is 0.530. The van der Waals surface area contributed by atoms with Crippen LogP contribution in [0.2, 0.25) is 0 Å². The van der Waals surface area contributed by atoms with Gasteiger partial charge >= 0.3 is 5.97 Å². The number of carboxylic acid groups (broad SMARTS) is 1. The summed E-state index contributed by atoms with van der Waals surface area (Å²) in [5, 5.41) is 15.7. The number of carboxylic acids is 1. The highest BCUT2D eigenvalue weighted by atomic mass is 32.1. The van der Waals surface area contributed by atoms with Crippen molar-refractivity contribution in [3.8, 4) is 0 Å². The summed E-state index contributed by atoms with van der Waals surface area (Å²) in [6, 6.07) is 3.58. The summed E-state index contributed by atoms with van der Waals surface area (Å²) in [7, 11) is 1.79. The third-order valence-corrected chi connectivity index (χ3v) is 5.21. The van der Waals surface area contributed by atoms with Gasteiger partial charge in [-0.15, -0.1) is 11.3 Å². The smallest absolute Gasteiger partial charge is 0.308 e. The minimum atomic E-state index is -0.854. The van der Waals surface area contributed by atoms with Crippen LogP contribution in [-0.2, 0) is 23.1 Å². The fourth-order valence-electron chi connectivity index (χ4n) is 3.17. The highest BCUT2D eigenvalue weighted by molar-refractivity contribution is 7.09.